The number of nitrogens with zero attached hydrogens (tertiary/aromatic N) is 1. The lowest BCUT2D eigenvalue weighted by molar-refractivity contribution is -0.149. The van der Waals surface area contributed by atoms with E-state index in [4.69, 9.17) is 14.2 Å². The van der Waals surface area contributed by atoms with Gasteiger partial charge in [-0.1, -0.05) is 12.1 Å². The third-order valence-corrected chi connectivity index (χ3v) is 5.05. The van der Waals surface area contributed by atoms with E-state index in [9.17, 15) is 9.59 Å². The van der Waals surface area contributed by atoms with Gasteiger partial charge in [0.2, 0.25) is 5.91 Å². The second-order valence-electron chi connectivity index (χ2n) is 6.15. The van der Waals surface area contributed by atoms with Crippen molar-refractivity contribution < 1.29 is 23.8 Å². The summed E-state index contributed by atoms with van der Waals surface area (Å²) in [7, 11) is 1.62. The fourth-order valence-corrected chi connectivity index (χ4v) is 3.97. The van der Waals surface area contributed by atoms with Gasteiger partial charge in [-0.15, -0.1) is 0 Å². The van der Waals surface area contributed by atoms with Gasteiger partial charge in [0.15, 0.2) is 6.23 Å². The van der Waals surface area contributed by atoms with Crippen LogP contribution in [0.15, 0.2) is 24.3 Å². The monoisotopic (exact) mass is 317 g/mol. The molecule has 0 N–H and O–H groups in total. The first-order valence-corrected chi connectivity index (χ1v) is 7.91. The Morgan fingerprint density at radius 1 is 1.35 bits per heavy atom. The summed E-state index contributed by atoms with van der Waals surface area (Å²) in [5.74, 6) is 0.0800. The maximum absolute atomic E-state index is 12.7. The van der Waals surface area contributed by atoms with Crippen LogP contribution in [-0.4, -0.2) is 43.1 Å². The minimum atomic E-state index is -0.367. The number of esters is 1. The van der Waals surface area contributed by atoms with Crippen molar-refractivity contribution in [1.82, 2.24) is 4.90 Å². The average Bonchev–Trinajstić information content (AvgIpc) is 3.05. The minimum Gasteiger partial charge on any atom is -0.497 e. The van der Waals surface area contributed by atoms with Crippen LogP contribution in [0.4, 0.5) is 0 Å². The number of benzene rings is 1. The Morgan fingerprint density at radius 3 is 2.74 bits per heavy atom. The molecule has 0 radical (unpaired) electrons. The maximum Gasteiger partial charge on any atom is 0.310 e. The van der Waals surface area contributed by atoms with Crippen LogP contribution < -0.4 is 4.74 Å². The predicted octanol–water partition coefficient (Wildman–Crippen LogP) is 1.36. The van der Waals surface area contributed by atoms with E-state index < -0.39 is 0 Å². The topological polar surface area (TPSA) is 65.1 Å². The van der Waals surface area contributed by atoms with Gasteiger partial charge in [-0.25, -0.2) is 0 Å². The molecule has 3 aliphatic rings. The molecule has 0 bridgehead atoms. The van der Waals surface area contributed by atoms with E-state index >= 15 is 0 Å². The summed E-state index contributed by atoms with van der Waals surface area (Å²) in [6.45, 7) is 2.60. The Bertz CT molecular complexity index is 643. The van der Waals surface area contributed by atoms with Crippen molar-refractivity contribution >= 4 is 11.9 Å². The predicted molar refractivity (Wildman–Crippen MR) is 79.4 cm³/mol. The summed E-state index contributed by atoms with van der Waals surface area (Å²) >= 11 is 0. The summed E-state index contributed by atoms with van der Waals surface area (Å²) in [5.41, 5.74) is 0.927. The summed E-state index contributed by atoms with van der Waals surface area (Å²) in [6.07, 6.45) is -0.367. The Hall–Kier alpha value is -2.08. The molecule has 0 aromatic heterocycles. The van der Waals surface area contributed by atoms with Crippen LogP contribution in [0.1, 0.15) is 18.7 Å². The molecule has 3 fully saturated rings. The highest BCUT2D eigenvalue weighted by Gasteiger charge is 2.72. The SMILES string of the molecule is CCOC(=O)C1C2C(=O)N3C(c4ccc(OC)cc4)OCC3C12. The molecule has 0 spiro atoms. The second-order valence-corrected chi connectivity index (χ2v) is 6.15. The molecule has 2 aliphatic heterocycles. The van der Waals surface area contributed by atoms with Gasteiger partial charge < -0.3 is 19.1 Å². The summed E-state index contributed by atoms with van der Waals surface area (Å²) in [4.78, 5) is 26.4. The van der Waals surface area contributed by atoms with Crippen LogP contribution in [0.25, 0.3) is 0 Å². The molecule has 23 heavy (non-hydrogen) atoms. The molecule has 5 unspecified atom stereocenters. The van der Waals surface area contributed by atoms with Gasteiger partial charge in [0, 0.05) is 11.5 Å². The van der Waals surface area contributed by atoms with Gasteiger partial charge >= 0.3 is 5.97 Å². The highest BCUT2D eigenvalue weighted by molar-refractivity contribution is 5.94. The number of piperidine rings is 1. The molecule has 5 atom stereocenters. The lowest BCUT2D eigenvalue weighted by Gasteiger charge is -2.25. The fourth-order valence-electron chi connectivity index (χ4n) is 3.97. The second kappa shape index (κ2) is 5.23. The lowest BCUT2D eigenvalue weighted by Crippen LogP contribution is -2.37. The van der Waals surface area contributed by atoms with Crippen molar-refractivity contribution in [3.63, 3.8) is 0 Å². The smallest absolute Gasteiger partial charge is 0.310 e. The van der Waals surface area contributed by atoms with Crippen molar-refractivity contribution in [2.45, 2.75) is 19.2 Å². The zero-order valence-corrected chi connectivity index (χ0v) is 13.1. The Labute approximate surface area is 134 Å². The molecule has 1 aromatic rings. The van der Waals surface area contributed by atoms with Crippen molar-refractivity contribution in [2.24, 2.45) is 17.8 Å². The molecule has 2 heterocycles. The molecule has 1 saturated carbocycles. The minimum absolute atomic E-state index is 0.0105. The van der Waals surface area contributed by atoms with Crippen LogP contribution in [0.5, 0.6) is 5.75 Å². The van der Waals surface area contributed by atoms with E-state index in [0.29, 0.717) is 13.2 Å². The Kier molecular flexibility index (Phi) is 3.30. The molecule has 2 saturated heterocycles. The van der Waals surface area contributed by atoms with Crippen molar-refractivity contribution in [1.29, 1.82) is 0 Å². The quantitative estimate of drug-likeness (QED) is 0.785. The standard InChI is InChI=1S/C17H19NO5/c1-3-22-17(20)14-12-11-8-23-16(18(11)15(19)13(12)14)9-4-6-10(21-2)7-5-9/h4-7,11-14,16H,3,8H2,1-2H3. The van der Waals surface area contributed by atoms with E-state index in [-0.39, 0.29) is 41.9 Å². The third-order valence-electron chi connectivity index (χ3n) is 5.05. The van der Waals surface area contributed by atoms with Gasteiger partial charge in [0.25, 0.3) is 0 Å². The van der Waals surface area contributed by atoms with E-state index in [1.807, 2.05) is 24.3 Å². The first-order valence-electron chi connectivity index (χ1n) is 7.91. The average molecular weight is 317 g/mol. The molecular formula is C17H19NO5. The normalized spacial score (nSPS) is 34.1. The fraction of sp³-hybridized carbons (Fsp3) is 0.529. The van der Waals surface area contributed by atoms with Crippen LogP contribution in [0.2, 0.25) is 0 Å². The van der Waals surface area contributed by atoms with Crippen molar-refractivity contribution in [3.05, 3.63) is 29.8 Å². The van der Waals surface area contributed by atoms with Gasteiger partial charge in [-0.3, -0.25) is 9.59 Å². The number of carbonyl (C=O) groups is 2. The van der Waals surface area contributed by atoms with E-state index in [2.05, 4.69) is 0 Å². The summed E-state index contributed by atoms with van der Waals surface area (Å²) < 4.78 is 16.1. The van der Waals surface area contributed by atoms with E-state index in [1.165, 1.54) is 0 Å². The number of ether oxygens (including phenoxy) is 3. The molecule has 6 heteroatoms. The molecule has 1 amide bonds. The first kappa shape index (κ1) is 14.5. The van der Waals surface area contributed by atoms with Gasteiger partial charge in [0.05, 0.1) is 38.2 Å². The molecule has 1 aliphatic carbocycles. The van der Waals surface area contributed by atoms with Gasteiger partial charge in [-0.2, -0.15) is 0 Å². The zero-order chi connectivity index (χ0) is 16.1. The number of methoxy groups -OCH3 is 1. The molecule has 122 valence electrons. The Morgan fingerprint density at radius 2 is 2.09 bits per heavy atom. The number of rotatable bonds is 4. The number of carbonyl (C=O) groups excluding carboxylic acids is 2. The largest absolute Gasteiger partial charge is 0.497 e. The molecule has 6 nitrogen and oxygen atoms in total. The zero-order valence-electron chi connectivity index (χ0n) is 13.1. The van der Waals surface area contributed by atoms with E-state index in [1.54, 1.807) is 18.9 Å². The van der Waals surface area contributed by atoms with Crippen LogP contribution >= 0.6 is 0 Å². The number of fused-ring (bicyclic) bond motifs is 3. The number of hydrogen-bond acceptors (Lipinski definition) is 5. The highest BCUT2D eigenvalue weighted by atomic mass is 16.5. The van der Waals surface area contributed by atoms with Gasteiger partial charge in [0.1, 0.15) is 5.75 Å². The number of hydrogen-bond donors (Lipinski definition) is 0. The lowest BCUT2D eigenvalue weighted by atomic mass is 10.1. The maximum atomic E-state index is 12.7. The van der Waals surface area contributed by atoms with Crippen molar-refractivity contribution in [2.75, 3.05) is 20.3 Å². The van der Waals surface area contributed by atoms with Crippen LogP contribution in [0.3, 0.4) is 0 Å². The molecule has 4 rings (SSSR count). The van der Waals surface area contributed by atoms with Crippen LogP contribution in [-0.2, 0) is 19.1 Å². The van der Waals surface area contributed by atoms with Crippen molar-refractivity contribution in [3.8, 4) is 5.75 Å². The molecular weight excluding hydrogens is 298 g/mol. The van der Waals surface area contributed by atoms with E-state index in [0.717, 1.165) is 11.3 Å². The number of amides is 1. The first-order chi connectivity index (χ1) is 11.2. The summed E-state index contributed by atoms with van der Waals surface area (Å²) in [5, 5.41) is 0. The molecule has 1 aromatic carbocycles. The van der Waals surface area contributed by atoms with Gasteiger partial charge in [-0.05, 0) is 19.1 Å². The third kappa shape index (κ3) is 2.05. The highest BCUT2D eigenvalue weighted by Crippen LogP contribution is 2.60. The summed E-state index contributed by atoms with van der Waals surface area (Å²) in [6, 6.07) is 7.51. The van der Waals surface area contributed by atoms with Crippen LogP contribution in [0, 0.1) is 17.8 Å². The Balaban J connectivity index is 1.52.